The highest BCUT2D eigenvalue weighted by atomic mass is 32.1. The maximum atomic E-state index is 13.7. The van der Waals surface area contributed by atoms with Crippen LogP contribution in [0.1, 0.15) is 49.1 Å². The van der Waals surface area contributed by atoms with Gasteiger partial charge in [0.25, 0.3) is 0 Å². The van der Waals surface area contributed by atoms with Crippen molar-refractivity contribution in [2.24, 2.45) is 0 Å². The molecule has 0 unspecified atom stereocenters. The van der Waals surface area contributed by atoms with Gasteiger partial charge in [0, 0.05) is 24.8 Å². The van der Waals surface area contributed by atoms with Crippen molar-refractivity contribution >= 4 is 22.4 Å². The van der Waals surface area contributed by atoms with E-state index in [0.717, 1.165) is 30.7 Å². The van der Waals surface area contributed by atoms with Crippen molar-refractivity contribution < 1.29 is 13.7 Å². The number of amides is 1. The van der Waals surface area contributed by atoms with E-state index in [1.165, 1.54) is 17.4 Å². The average molecular weight is 403 g/mol. The van der Waals surface area contributed by atoms with E-state index in [4.69, 9.17) is 4.52 Å². The third kappa shape index (κ3) is 5.41. The summed E-state index contributed by atoms with van der Waals surface area (Å²) in [5.41, 5.74) is 1.08. The molecule has 28 heavy (non-hydrogen) atoms. The van der Waals surface area contributed by atoms with Gasteiger partial charge in [-0.25, -0.2) is 4.39 Å². The molecule has 2 heterocycles. The molecule has 1 aromatic carbocycles. The number of aryl methyl sites for hydroxylation is 3. The Balaban J connectivity index is 1.50. The van der Waals surface area contributed by atoms with E-state index in [1.54, 1.807) is 19.1 Å². The zero-order valence-electron chi connectivity index (χ0n) is 15.9. The second-order valence-electron chi connectivity index (χ2n) is 6.48. The molecule has 0 spiro atoms. The van der Waals surface area contributed by atoms with Crippen LogP contribution in [-0.4, -0.2) is 26.2 Å². The molecule has 0 saturated heterocycles. The Hall–Kier alpha value is -2.68. The minimum atomic E-state index is -0.325. The van der Waals surface area contributed by atoms with Gasteiger partial charge in [0.1, 0.15) is 10.8 Å². The fourth-order valence-electron chi connectivity index (χ4n) is 2.54. The molecule has 1 amide bonds. The quantitative estimate of drug-likeness (QED) is 0.534. The van der Waals surface area contributed by atoms with Crippen LogP contribution in [0.3, 0.4) is 0 Å². The lowest BCUT2D eigenvalue weighted by molar-refractivity contribution is -0.116. The average Bonchev–Trinajstić information content (AvgIpc) is 3.32. The third-order valence-electron chi connectivity index (χ3n) is 4.17. The number of nitrogens with one attached hydrogen (secondary N) is 1. The van der Waals surface area contributed by atoms with Crippen LogP contribution in [0.4, 0.5) is 9.52 Å². The molecule has 7 nitrogen and oxygen atoms in total. The van der Waals surface area contributed by atoms with Gasteiger partial charge in [0.15, 0.2) is 0 Å². The molecule has 3 aromatic rings. The molecule has 1 N–H and O–H groups in total. The Labute approximate surface area is 166 Å². The van der Waals surface area contributed by atoms with E-state index in [2.05, 4.69) is 32.6 Å². The zero-order chi connectivity index (χ0) is 19.9. The molecule has 0 saturated carbocycles. The SMILES string of the molecule is CCCCCc1nnc(NC(=O)CCc2nc(-c3ccc(C)c(F)c3)no2)s1. The molecule has 9 heteroatoms. The molecule has 2 aromatic heterocycles. The fraction of sp³-hybridized carbons (Fsp3) is 0.421. The summed E-state index contributed by atoms with van der Waals surface area (Å²) in [6, 6.07) is 4.75. The van der Waals surface area contributed by atoms with Crippen LogP contribution in [0.5, 0.6) is 0 Å². The number of hydrogen-bond acceptors (Lipinski definition) is 7. The Morgan fingerprint density at radius 1 is 1.25 bits per heavy atom. The number of anilines is 1. The molecule has 0 fully saturated rings. The van der Waals surface area contributed by atoms with E-state index in [9.17, 15) is 9.18 Å². The largest absolute Gasteiger partial charge is 0.339 e. The van der Waals surface area contributed by atoms with Gasteiger partial charge in [-0.15, -0.1) is 10.2 Å². The zero-order valence-corrected chi connectivity index (χ0v) is 16.7. The van der Waals surface area contributed by atoms with Crippen molar-refractivity contribution in [1.82, 2.24) is 20.3 Å². The van der Waals surface area contributed by atoms with Crippen LogP contribution in [0, 0.1) is 12.7 Å². The van der Waals surface area contributed by atoms with E-state index in [0.29, 0.717) is 28.0 Å². The highest BCUT2D eigenvalue weighted by molar-refractivity contribution is 7.15. The standard InChI is InChI=1S/C19H22FN5O2S/c1-3-4-5-6-17-23-24-19(28-17)21-15(26)9-10-16-22-18(25-27-16)13-8-7-12(2)14(20)11-13/h7-8,11H,3-6,9-10H2,1-2H3,(H,21,24,26). The Kier molecular flexibility index (Phi) is 6.80. The number of benzene rings is 1. The predicted octanol–water partition coefficient (Wildman–Crippen LogP) is 4.34. The van der Waals surface area contributed by atoms with Gasteiger partial charge in [-0.3, -0.25) is 4.79 Å². The van der Waals surface area contributed by atoms with Gasteiger partial charge >= 0.3 is 0 Å². The lowest BCUT2D eigenvalue weighted by Gasteiger charge is -1.98. The lowest BCUT2D eigenvalue weighted by atomic mass is 10.1. The predicted molar refractivity (Wildman–Crippen MR) is 105 cm³/mol. The van der Waals surface area contributed by atoms with Gasteiger partial charge in [-0.1, -0.05) is 48.4 Å². The summed E-state index contributed by atoms with van der Waals surface area (Å²) in [6.45, 7) is 3.84. The molecular formula is C19H22FN5O2S. The Morgan fingerprint density at radius 3 is 2.89 bits per heavy atom. The van der Waals surface area contributed by atoms with Crippen molar-refractivity contribution in [3.8, 4) is 11.4 Å². The molecule has 0 atom stereocenters. The highest BCUT2D eigenvalue weighted by Crippen LogP contribution is 2.20. The van der Waals surface area contributed by atoms with Crippen LogP contribution in [0.2, 0.25) is 0 Å². The van der Waals surface area contributed by atoms with Crippen molar-refractivity contribution in [3.63, 3.8) is 0 Å². The second-order valence-corrected chi connectivity index (χ2v) is 7.54. The first-order valence-electron chi connectivity index (χ1n) is 9.26. The summed E-state index contributed by atoms with van der Waals surface area (Å²) in [6.07, 6.45) is 4.72. The molecular weight excluding hydrogens is 381 g/mol. The van der Waals surface area contributed by atoms with Gasteiger partial charge in [0.05, 0.1) is 0 Å². The first kappa shape index (κ1) is 20.1. The summed E-state index contributed by atoms with van der Waals surface area (Å²) >= 11 is 1.40. The normalized spacial score (nSPS) is 11.0. The van der Waals surface area contributed by atoms with Gasteiger partial charge in [-0.05, 0) is 25.0 Å². The molecule has 0 radical (unpaired) electrons. The van der Waals surface area contributed by atoms with Crippen LogP contribution < -0.4 is 5.32 Å². The maximum Gasteiger partial charge on any atom is 0.227 e. The van der Waals surface area contributed by atoms with Crippen molar-refractivity contribution in [2.45, 2.75) is 52.4 Å². The smallest absolute Gasteiger partial charge is 0.227 e. The van der Waals surface area contributed by atoms with Crippen LogP contribution >= 0.6 is 11.3 Å². The molecule has 0 aliphatic heterocycles. The van der Waals surface area contributed by atoms with E-state index >= 15 is 0 Å². The lowest BCUT2D eigenvalue weighted by Crippen LogP contribution is -2.12. The van der Waals surface area contributed by atoms with E-state index in [-0.39, 0.29) is 24.6 Å². The van der Waals surface area contributed by atoms with E-state index in [1.807, 2.05) is 0 Å². The number of carbonyl (C=O) groups excluding carboxylic acids is 1. The fourth-order valence-corrected chi connectivity index (χ4v) is 3.34. The first-order chi connectivity index (χ1) is 13.5. The monoisotopic (exact) mass is 403 g/mol. The van der Waals surface area contributed by atoms with Crippen molar-refractivity contribution in [2.75, 3.05) is 5.32 Å². The summed E-state index contributed by atoms with van der Waals surface area (Å²) in [7, 11) is 0. The van der Waals surface area contributed by atoms with Gasteiger partial charge in [-0.2, -0.15) is 4.98 Å². The van der Waals surface area contributed by atoms with Gasteiger partial charge in [0.2, 0.25) is 22.8 Å². The highest BCUT2D eigenvalue weighted by Gasteiger charge is 2.13. The molecule has 0 aliphatic rings. The maximum absolute atomic E-state index is 13.7. The summed E-state index contributed by atoms with van der Waals surface area (Å²) < 4.78 is 18.8. The number of nitrogens with zero attached hydrogens (tertiary/aromatic N) is 4. The van der Waals surface area contributed by atoms with Gasteiger partial charge < -0.3 is 9.84 Å². The molecule has 3 rings (SSSR count). The summed E-state index contributed by atoms with van der Waals surface area (Å²) in [4.78, 5) is 16.3. The number of halogens is 1. The molecule has 0 bridgehead atoms. The topological polar surface area (TPSA) is 93.8 Å². The third-order valence-corrected chi connectivity index (χ3v) is 5.07. The number of unbranched alkanes of at least 4 members (excludes halogenated alkanes) is 2. The summed E-state index contributed by atoms with van der Waals surface area (Å²) in [5, 5.41) is 16.1. The van der Waals surface area contributed by atoms with Crippen LogP contribution in [0.25, 0.3) is 11.4 Å². The Bertz CT molecular complexity index is 940. The van der Waals surface area contributed by atoms with Crippen LogP contribution in [-0.2, 0) is 17.6 Å². The number of carbonyl (C=O) groups is 1. The van der Waals surface area contributed by atoms with E-state index < -0.39 is 0 Å². The minimum Gasteiger partial charge on any atom is -0.339 e. The van der Waals surface area contributed by atoms with Crippen molar-refractivity contribution in [3.05, 3.63) is 40.5 Å². The summed E-state index contributed by atoms with van der Waals surface area (Å²) in [5.74, 6) is 0.102. The molecule has 0 aliphatic carbocycles. The second kappa shape index (κ2) is 9.50. The van der Waals surface area contributed by atoms with Crippen LogP contribution in [0.15, 0.2) is 22.7 Å². The number of hydrogen-bond donors (Lipinski definition) is 1. The first-order valence-corrected chi connectivity index (χ1v) is 10.1. The van der Waals surface area contributed by atoms with Crippen molar-refractivity contribution in [1.29, 1.82) is 0 Å². The minimum absolute atomic E-state index is 0.175. The Morgan fingerprint density at radius 2 is 2.11 bits per heavy atom. The number of aromatic nitrogens is 4. The number of rotatable bonds is 9. The molecule has 148 valence electrons.